The number of halogens is 2. The summed E-state index contributed by atoms with van der Waals surface area (Å²) >= 11 is 0. The largest absolute Gasteiger partial charge is 0.383 e. The van der Waals surface area contributed by atoms with E-state index in [0.29, 0.717) is 30.2 Å². The number of amides is 2. The summed E-state index contributed by atoms with van der Waals surface area (Å²) in [4.78, 5) is 16.0. The molecule has 0 aliphatic carbocycles. The molecule has 41 heavy (non-hydrogen) atoms. The molecule has 0 unspecified atom stereocenters. The number of ether oxygens (including phenoxy) is 1. The minimum Gasteiger partial charge on any atom is -0.383 e. The number of carbonyl (C=O) groups is 1. The number of nitrogens with one attached hydrogen (secondary N) is 2. The number of aromatic nitrogens is 4. The first kappa shape index (κ1) is 27.1. The highest BCUT2D eigenvalue weighted by atomic mass is 19.2. The van der Waals surface area contributed by atoms with Crippen LogP contribution in [0.5, 0.6) is 0 Å². The molecule has 0 saturated carbocycles. The highest BCUT2D eigenvalue weighted by molar-refractivity contribution is 5.91. The van der Waals surface area contributed by atoms with E-state index in [0.717, 1.165) is 35.7 Å². The van der Waals surface area contributed by atoms with E-state index in [1.54, 1.807) is 28.7 Å². The maximum absolute atomic E-state index is 14.3. The molecule has 9 nitrogen and oxygen atoms in total. The molecule has 4 aromatic rings. The van der Waals surface area contributed by atoms with E-state index in [9.17, 15) is 13.6 Å². The molecule has 2 aliphatic rings. The van der Waals surface area contributed by atoms with Crippen LogP contribution in [0.3, 0.4) is 0 Å². The first-order chi connectivity index (χ1) is 19.9. The van der Waals surface area contributed by atoms with Crippen molar-refractivity contribution in [2.24, 2.45) is 7.05 Å². The number of urea groups is 1. The van der Waals surface area contributed by atoms with Gasteiger partial charge in [0.15, 0.2) is 11.6 Å². The second kappa shape index (κ2) is 11.1. The molecule has 2 N–H and O–H groups in total. The van der Waals surface area contributed by atoms with Crippen molar-refractivity contribution in [1.29, 1.82) is 0 Å². The van der Waals surface area contributed by atoms with Crippen molar-refractivity contribution in [2.45, 2.75) is 43.8 Å². The summed E-state index contributed by atoms with van der Waals surface area (Å²) in [6.07, 6.45) is 5.42. The summed E-state index contributed by atoms with van der Waals surface area (Å²) in [6, 6.07) is 13.1. The van der Waals surface area contributed by atoms with Crippen LogP contribution in [0.4, 0.5) is 19.4 Å². The van der Waals surface area contributed by atoms with Crippen LogP contribution >= 0.6 is 0 Å². The number of nitrogens with zero attached hydrogens (tertiary/aromatic N) is 5. The van der Waals surface area contributed by atoms with Gasteiger partial charge in [-0.3, -0.25) is 14.9 Å². The number of anilines is 1. The van der Waals surface area contributed by atoms with E-state index in [-0.39, 0.29) is 30.1 Å². The molecule has 2 aromatic carbocycles. The summed E-state index contributed by atoms with van der Waals surface area (Å²) in [5, 5.41) is 15.4. The van der Waals surface area contributed by atoms with E-state index in [1.807, 2.05) is 50.5 Å². The molecule has 4 atom stereocenters. The van der Waals surface area contributed by atoms with Gasteiger partial charge < -0.3 is 10.1 Å². The maximum Gasteiger partial charge on any atom is 0.320 e. The minimum absolute atomic E-state index is 0.0464. The van der Waals surface area contributed by atoms with Gasteiger partial charge in [0.2, 0.25) is 0 Å². The zero-order valence-electron chi connectivity index (χ0n) is 23.2. The topological polar surface area (TPSA) is 89.2 Å². The van der Waals surface area contributed by atoms with Gasteiger partial charge in [0.25, 0.3) is 0 Å². The number of hydrogen-bond acceptors (Lipinski definition) is 5. The third-order valence-corrected chi connectivity index (χ3v) is 8.34. The molecule has 4 heterocycles. The van der Waals surface area contributed by atoms with E-state index in [4.69, 9.17) is 9.84 Å². The van der Waals surface area contributed by atoms with Crippen LogP contribution in [0.15, 0.2) is 60.9 Å². The number of methoxy groups -OCH3 is 1. The minimum atomic E-state index is -0.887. The lowest BCUT2D eigenvalue weighted by atomic mass is 9.80. The molecule has 2 saturated heterocycles. The zero-order chi connectivity index (χ0) is 28.7. The van der Waals surface area contributed by atoms with Crippen molar-refractivity contribution >= 4 is 11.8 Å². The molecule has 0 radical (unpaired) electrons. The lowest BCUT2D eigenvalue weighted by Gasteiger charge is -2.30. The van der Waals surface area contributed by atoms with Crippen LogP contribution in [-0.4, -0.2) is 68.9 Å². The number of aryl methyl sites for hydroxylation is 1. The Balaban J connectivity index is 1.32. The van der Waals surface area contributed by atoms with Crippen LogP contribution in [0.25, 0.3) is 16.9 Å². The van der Waals surface area contributed by atoms with Gasteiger partial charge in [-0.15, -0.1) is 0 Å². The Morgan fingerprint density at radius 1 is 1.10 bits per heavy atom. The first-order valence-electron chi connectivity index (χ1n) is 13.8. The lowest BCUT2D eigenvalue weighted by molar-refractivity contribution is 0.136. The fourth-order valence-corrected chi connectivity index (χ4v) is 6.54. The van der Waals surface area contributed by atoms with Crippen molar-refractivity contribution in [3.63, 3.8) is 0 Å². The van der Waals surface area contributed by atoms with Crippen molar-refractivity contribution in [2.75, 3.05) is 25.6 Å². The number of carbonyl (C=O) groups excluding carboxylic acids is 1. The van der Waals surface area contributed by atoms with E-state index >= 15 is 0 Å². The zero-order valence-corrected chi connectivity index (χ0v) is 23.2. The molecule has 2 aromatic heterocycles. The van der Waals surface area contributed by atoms with Crippen molar-refractivity contribution < 1.29 is 18.3 Å². The van der Waals surface area contributed by atoms with Gasteiger partial charge in [-0.25, -0.2) is 18.3 Å². The van der Waals surface area contributed by atoms with Crippen LogP contribution in [-0.2, 0) is 11.8 Å². The summed E-state index contributed by atoms with van der Waals surface area (Å²) in [7, 11) is 3.50. The van der Waals surface area contributed by atoms with Gasteiger partial charge in [0.1, 0.15) is 11.5 Å². The Bertz CT molecular complexity index is 1550. The van der Waals surface area contributed by atoms with Crippen LogP contribution in [0.1, 0.15) is 29.9 Å². The van der Waals surface area contributed by atoms with E-state index in [2.05, 4.69) is 20.6 Å². The van der Waals surface area contributed by atoms with Crippen molar-refractivity contribution in [3.8, 4) is 16.9 Å². The quantitative estimate of drug-likeness (QED) is 0.328. The predicted octanol–water partition coefficient (Wildman–Crippen LogP) is 4.63. The van der Waals surface area contributed by atoms with E-state index in [1.165, 1.54) is 6.07 Å². The molecule has 11 heteroatoms. The molecular formula is C30H33F2N7O2. The molecule has 2 aliphatic heterocycles. The smallest absolute Gasteiger partial charge is 0.320 e. The van der Waals surface area contributed by atoms with Crippen LogP contribution in [0.2, 0.25) is 0 Å². The Hall–Kier alpha value is -4.09. The van der Waals surface area contributed by atoms with Crippen molar-refractivity contribution in [3.05, 3.63) is 83.7 Å². The van der Waals surface area contributed by atoms with Gasteiger partial charge in [-0.05, 0) is 49.6 Å². The van der Waals surface area contributed by atoms with Crippen molar-refractivity contribution in [1.82, 2.24) is 29.8 Å². The molecule has 2 bridgehead atoms. The van der Waals surface area contributed by atoms with Gasteiger partial charge in [0.05, 0.1) is 24.5 Å². The summed E-state index contributed by atoms with van der Waals surface area (Å²) in [5.74, 6) is -1.43. The van der Waals surface area contributed by atoms with Crippen LogP contribution in [0, 0.1) is 18.6 Å². The Morgan fingerprint density at radius 2 is 1.88 bits per heavy atom. The first-order valence-corrected chi connectivity index (χ1v) is 13.8. The molecular weight excluding hydrogens is 528 g/mol. The van der Waals surface area contributed by atoms with Gasteiger partial charge in [-0.1, -0.05) is 24.3 Å². The number of benzene rings is 2. The van der Waals surface area contributed by atoms with Crippen LogP contribution < -0.4 is 10.6 Å². The second-order valence-corrected chi connectivity index (χ2v) is 10.7. The summed E-state index contributed by atoms with van der Waals surface area (Å²) in [6.45, 7) is 3.15. The highest BCUT2D eigenvalue weighted by Gasteiger charge is 2.54. The highest BCUT2D eigenvalue weighted by Crippen LogP contribution is 2.47. The third kappa shape index (κ3) is 5.00. The Kier molecular flexibility index (Phi) is 7.31. The molecule has 2 fully saturated rings. The third-order valence-electron chi connectivity index (χ3n) is 8.34. The normalized spacial score (nSPS) is 21.9. The fraction of sp³-hybridized carbons (Fsp3) is 0.367. The summed E-state index contributed by atoms with van der Waals surface area (Å²) < 4.78 is 36.9. The second-order valence-electron chi connectivity index (χ2n) is 10.7. The molecule has 214 valence electrons. The number of hydrogen-bond donors (Lipinski definition) is 2. The predicted molar refractivity (Wildman–Crippen MR) is 151 cm³/mol. The SMILES string of the molecule is COCCN1[C@@H]2CC[C@H]1[C@@H](c1ccc(F)c(F)c1)[C@@H]2NC(=O)Nc1c(C)c(-c2cnn(C)c2)nn1-c1ccccc1. The fourth-order valence-electron chi connectivity index (χ4n) is 6.54. The Morgan fingerprint density at radius 3 is 2.59 bits per heavy atom. The number of fused-ring (bicyclic) bond motifs is 2. The van der Waals surface area contributed by atoms with Gasteiger partial charge in [0, 0.05) is 56.0 Å². The van der Waals surface area contributed by atoms with E-state index < -0.39 is 11.6 Å². The molecule has 0 spiro atoms. The summed E-state index contributed by atoms with van der Waals surface area (Å²) in [5.41, 5.74) is 3.81. The average molecular weight is 562 g/mol. The number of para-hydroxylation sites is 1. The average Bonchev–Trinajstić information content (AvgIpc) is 3.72. The molecule has 6 rings (SSSR count). The maximum atomic E-state index is 14.3. The molecule has 2 amide bonds. The number of rotatable bonds is 8. The lowest BCUT2D eigenvalue weighted by Crippen LogP contribution is -2.48. The monoisotopic (exact) mass is 561 g/mol. The standard InChI is InChI=1S/C30H33F2N7O2/c1-18-27(20-16-33-37(2)17-20)36-39(21-7-5-4-6-8-21)29(18)35-30(40)34-28-25-12-11-24(38(25)13-14-41-3)26(28)19-9-10-22(31)23(32)15-19/h4-10,15-17,24-26,28H,11-14H2,1-3H3,(H2,34,35,40)/t24-,25+,26+,28+/m0/s1. The Labute approximate surface area is 237 Å². The van der Waals surface area contributed by atoms with Gasteiger partial charge >= 0.3 is 6.03 Å². The van der Waals surface area contributed by atoms with Gasteiger partial charge in [-0.2, -0.15) is 10.2 Å².